The molecule has 0 radical (unpaired) electrons. The van der Waals surface area contributed by atoms with Crippen LogP contribution in [-0.2, 0) is 16.0 Å². The summed E-state index contributed by atoms with van der Waals surface area (Å²) in [5, 5.41) is 15.9. The number of carbonyl (C=O) groups excluding carboxylic acids is 2. The van der Waals surface area contributed by atoms with Crippen LogP contribution in [0, 0.1) is 10.1 Å². The highest BCUT2D eigenvalue weighted by Crippen LogP contribution is 2.26. The number of ether oxygens (including phenoxy) is 2. The van der Waals surface area contributed by atoms with E-state index in [0.717, 1.165) is 0 Å². The van der Waals surface area contributed by atoms with E-state index in [-0.39, 0.29) is 28.8 Å². The summed E-state index contributed by atoms with van der Waals surface area (Å²) in [7, 11) is 0. The van der Waals surface area contributed by atoms with Gasteiger partial charge in [-0.25, -0.2) is 14.6 Å². The topological polar surface area (TPSA) is 132 Å². The molecule has 0 fully saturated rings. The Hall–Kier alpha value is -2.88. The molecule has 2 N–H and O–H groups in total. The molecule has 0 aliphatic rings. The van der Waals surface area contributed by atoms with Crippen LogP contribution >= 0.6 is 11.6 Å². The molecule has 0 aliphatic carbocycles. The van der Waals surface area contributed by atoms with E-state index in [9.17, 15) is 19.7 Å². The zero-order chi connectivity index (χ0) is 22.4. The summed E-state index contributed by atoms with van der Waals surface area (Å²) >= 11 is 6.04. The number of amides is 2. The van der Waals surface area contributed by atoms with Crippen LogP contribution < -0.4 is 10.6 Å². The van der Waals surface area contributed by atoms with E-state index < -0.39 is 28.3 Å². The minimum absolute atomic E-state index is 0.119. The van der Waals surface area contributed by atoms with Crippen molar-refractivity contribution in [2.24, 2.45) is 4.99 Å². The zero-order valence-electron chi connectivity index (χ0n) is 17.2. The third kappa shape index (κ3) is 9.24. The van der Waals surface area contributed by atoms with Crippen LogP contribution in [0.15, 0.2) is 23.2 Å². The van der Waals surface area contributed by atoms with E-state index in [1.165, 1.54) is 18.2 Å². The number of benzene rings is 1. The van der Waals surface area contributed by atoms with Crippen LogP contribution in [0.3, 0.4) is 0 Å². The Morgan fingerprint density at radius 1 is 1.07 bits per heavy atom. The van der Waals surface area contributed by atoms with Crippen molar-refractivity contribution in [1.29, 1.82) is 0 Å². The Balaban J connectivity index is 3.12. The molecule has 10 nitrogen and oxygen atoms in total. The van der Waals surface area contributed by atoms with Crippen molar-refractivity contribution in [1.82, 2.24) is 10.6 Å². The predicted molar refractivity (Wildman–Crippen MR) is 108 cm³/mol. The van der Waals surface area contributed by atoms with Crippen molar-refractivity contribution in [2.45, 2.75) is 59.3 Å². The fraction of sp³-hybridized carbons (Fsp3) is 0.500. The maximum absolute atomic E-state index is 12.0. The van der Waals surface area contributed by atoms with Gasteiger partial charge in [-0.2, -0.15) is 0 Å². The minimum atomic E-state index is -0.874. The lowest BCUT2D eigenvalue weighted by molar-refractivity contribution is -0.385. The van der Waals surface area contributed by atoms with E-state index in [1.54, 1.807) is 41.5 Å². The summed E-state index contributed by atoms with van der Waals surface area (Å²) in [5.41, 5.74) is -1.70. The molecule has 0 saturated heterocycles. The normalized spacial score (nSPS) is 11.3. The zero-order valence-corrected chi connectivity index (χ0v) is 17.9. The highest BCUT2D eigenvalue weighted by atomic mass is 35.5. The van der Waals surface area contributed by atoms with Gasteiger partial charge in [-0.05, 0) is 47.6 Å². The number of nitro benzene ring substituents is 1. The molecular formula is C18H25ClN4O6. The van der Waals surface area contributed by atoms with Gasteiger partial charge in [0.25, 0.3) is 5.69 Å². The fourth-order valence-corrected chi connectivity index (χ4v) is 2.17. The second-order valence-electron chi connectivity index (χ2n) is 7.91. The first-order valence-electron chi connectivity index (χ1n) is 8.64. The molecule has 0 bridgehead atoms. The molecule has 1 aromatic rings. The van der Waals surface area contributed by atoms with Gasteiger partial charge in [-0.15, -0.1) is 0 Å². The Bertz CT molecular complexity index is 780. The van der Waals surface area contributed by atoms with Crippen LogP contribution in [0.4, 0.5) is 15.3 Å². The Labute approximate surface area is 173 Å². The number of carbonyl (C=O) groups is 2. The lowest BCUT2D eigenvalue weighted by Crippen LogP contribution is -2.47. The molecule has 160 valence electrons. The first-order valence-corrected chi connectivity index (χ1v) is 9.02. The molecule has 0 saturated carbocycles. The van der Waals surface area contributed by atoms with Crippen molar-refractivity contribution >= 4 is 35.4 Å². The van der Waals surface area contributed by atoms with Crippen molar-refractivity contribution in [3.63, 3.8) is 0 Å². The van der Waals surface area contributed by atoms with Crippen LogP contribution in [-0.4, -0.2) is 34.3 Å². The second-order valence-corrected chi connectivity index (χ2v) is 8.32. The van der Waals surface area contributed by atoms with Gasteiger partial charge < -0.3 is 9.47 Å². The quantitative estimate of drug-likeness (QED) is 0.321. The average Bonchev–Trinajstić information content (AvgIpc) is 2.49. The lowest BCUT2D eigenvalue weighted by atomic mass is 10.2. The van der Waals surface area contributed by atoms with E-state index in [2.05, 4.69) is 15.6 Å². The first-order chi connectivity index (χ1) is 13.2. The van der Waals surface area contributed by atoms with Gasteiger partial charge in [-0.1, -0.05) is 17.7 Å². The number of nitrogens with one attached hydrogen (secondary N) is 2. The van der Waals surface area contributed by atoms with Crippen LogP contribution in [0.1, 0.15) is 47.1 Å². The summed E-state index contributed by atoms with van der Waals surface area (Å²) < 4.78 is 10.3. The number of aliphatic imine (C=N–C) groups is 1. The van der Waals surface area contributed by atoms with Crippen molar-refractivity contribution in [3.8, 4) is 0 Å². The molecule has 0 aromatic heterocycles. The largest absolute Gasteiger partial charge is 0.444 e. The molecule has 0 aliphatic heterocycles. The maximum atomic E-state index is 12.0. The molecule has 0 spiro atoms. The highest BCUT2D eigenvalue weighted by Gasteiger charge is 2.22. The van der Waals surface area contributed by atoms with E-state index in [4.69, 9.17) is 21.1 Å². The van der Waals surface area contributed by atoms with Gasteiger partial charge in [0.1, 0.15) is 11.2 Å². The SMILES string of the molecule is CC(C)(C)OC(=O)NC(=NCc1c(Cl)cccc1[N+](=O)[O-])NC(=O)OC(C)(C)C. The highest BCUT2D eigenvalue weighted by molar-refractivity contribution is 6.31. The first kappa shape index (κ1) is 24.2. The molecular weight excluding hydrogens is 404 g/mol. The molecule has 11 heteroatoms. The number of nitro groups is 1. The van der Waals surface area contributed by atoms with Crippen molar-refractivity contribution < 1.29 is 24.0 Å². The standard InChI is InChI=1S/C18H25ClN4O6/c1-17(2,3)28-15(24)21-14(22-16(25)29-18(4,5)6)20-10-11-12(19)8-7-9-13(11)23(26)27/h7-9H,10H2,1-6H3,(H2,20,21,22,24,25). The van der Waals surface area contributed by atoms with E-state index in [0.29, 0.717) is 0 Å². The molecule has 1 rings (SSSR count). The third-order valence-electron chi connectivity index (χ3n) is 2.92. The summed E-state index contributed by atoms with van der Waals surface area (Å²) in [6.45, 7) is 9.71. The number of guanidine groups is 1. The van der Waals surface area contributed by atoms with Crippen LogP contribution in [0.2, 0.25) is 5.02 Å². The number of rotatable bonds is 3. The number of hydrogen-bond acceptors (Lipinski definition) is 7. The van der Waals surface area contributed by atoms with Gasteiger partial charge in [0.05, 0.1) is 22.1 Å². The Morgan fingerprint density at radius 3 is 1.97 bits per heavy atom. The van der Waals surface area contributed by atoms with Crippen LogP contribution in [0.5, 0.6) is 0 Å². The maximum Gasteiger partial charge on any atom is 0.414 e. The molecule has 0 atom stereocenters. The van der Waals surface area contributed by atoms with E-state index >= 15 is 0 Å². The van der Waals surface area contributed by atoms with E-state index in [1.807, 2.05) is 0 Å². The van der Waals surface area contributed by atoms with Crippen molar-refractivity contribution in [3.05, 3.63) is 38.9 Å². The molecule has 0 unspecified atom stereocenters. The summed E-state index contributed by atoms with van der Waals surface area (Å²) in [4.78, 5) is 38.7. The fourth-order valence-electron chi connectivity index (χ4n) is 1.94. The number of hydrogen-bond donors (Lipinski definition) is 2. The molecule has 1 aromatic carbocycles. The Morgan fingerprint density at radius 2 is 1.55 bits per heavy atom. The van der Waals surface area contributed by atoms with Gasteiger partial charge in [-0.3, -0.25) is 20.7 Å². The van der Waals surface area contributed by atoms with Gasteiger partial charge in [0, 0.05) is 6.07 Å². The summed E-state index contributed by atoms with van der Waals surface area (Å²) in [6.07, 6.45) is -1.75. The lowest BCUT2D eigenvalue weighted by Gasteiger charge is -2.22. The van der Waals surface area contributed by atoms with Crippen LogP contribution in [0.25, 0.3) is 0 Å². The number of alkyl carbamates (subject to hydrolysis) is 2. The van der Waals surface area contributed by atoms with Gasteiger partial charge in [0.2, 0.25) is 5.96 Å². The summed E-state index contributed by atoms with van der Waals surface area (Å²) in [5.74, 6) is -0.303. The number of halogens is 1. The molecule has 2 amide bonds. The van der Waals surface area contributed by atoms with Gasteiger partial charge >= 0.3 is 12.2 Å². The van der Waals surface area contributed by atoms with Gasteiger partial charge in [0.15, 0.2) is 0 Å². The Kier molecular flexibility index (Phi) is 7.96. The third-order valence-corrected chi connectivity index (χ3v) is 3.28. The molecule has 0 heterocycles. The smallest absolute Gasteiger partial charge is 0.414 e. The monoisotopic (exact) mass is 428 g/mol. The minimum Gasteiger partial charge on any atom is -0.444 e. The second kappa shape index (κ2) is 9.55. The predicted octanol–water partition coefficient (Wildman–Crippen LogP) is 4.15. The average molecular weight is 429 g/mol. The number of nitrogens with zero attached hydrogens (tertiary/aromatic N) is 2. The summed E-state index contributed by atoms with van der Waals surface area (Å²) in [6, 6.07) is 4.19. The molecule has 29 heavy (non-hydrogen) atoms. The van der Waals surface area contributed by atoms with Crippen molar-refractivity contribution in [2.75, 3.05) is 0 Å².